The predicted octanol–water partition coefficient (Wildman–Crippen LogP) is 3.93. The molecule has 0 radical (unpaired) electrons. The summed E-state index contributed by atoms with van der Waals surface area (Å²) in [4.78, 5) is 0. The van der Waals surface area contributed by atoms with E-state index in [0.717, 1.165) is 10.0 Å². The predicted molar refractivity (Wildman–Crippen MR) is 79.9 cm³/mol. The lowest BCUT2D eigenvalue weighted by Crippen LogP contribution is -2.19. The second-order valence-electron chi connectivity index (χ2n) is 4.88. The maximum atomic E-state index is 14.2. The Hall–Kier alpha value is -1.23. The number of nitrogens with one attached hydrogen (secondary N) is 1. The van der Waals surface area contributed by atoms with Gasteiger partial charge in [0.25, 0.3) is 0 Å². The van der Waals surface area contributed by atoms with Gasteiger partial charge in [-0.15, -0.1) is 0 Å². The summed E-state index contributed by atoms with van der Waals surface area (Å²) in [5.74, 6) is -0.213. The van der Waals surface area contributed by atoms with Gasteiger partial charge in [-0.05, 0) is 35.9 Å². The summed E-state index contributed by atoms with van der Waals surface area (Å²) >= 11 is 3.44. The molecule has 1 heterocycles. The highest BCUT2D eigenvalue weighted by molar-refractivity contribution is 9.10. The summed E-state index contributed by atoms with van der Waals surface area (Å²) in [7, 11) is 1.84. The van der Waals surface area contributed by atoms with Crippen molar-refractivity contribution in [1.29, 1.82) is 0 Å². The van der Waals surface area contributed by atoms with Gasteiger partial charge in [-0.25, -0.2) is 4.39 Å². The van der Waals surface area contributed by atoms with Crippen LogP contribution in [0.15, 0.2) is 40.9 Å². The van der Waals surface area contributed by atoms with Crippen molar-refractivity contribution in [1.82, 2.24) is 5.32 Å². The Kier molecular flexibility index (Phi) is 3.87. The smallest absolute Gasteiger partial charge is 0.129 e. The zero-order valence-electron chi connectivity index (χ0n) is 11.1. The number of benzene rings is 2. The third-order valence-corrected chi connectivity index (χ3v) is 4.35. The fourth-order valence-corrected chi connectivity index (χ4v) is 3.21. The molecule has 1 N–H and O–H groups in total. The second-order valence-corrected chi connectivity index (χ2v) is 5.73. The topological polar surface area (TPSA) is 21.3 Å². The average Bonchev–Trinajstić information content (AvgIpc) is 2.90. The van der Waals surface area contributed by atoms with Crippen LogP contribution in [0.5, 0.6) is 0 Å². The van der Waals surface area contributed by atoms with Gasteiger partial charge in [-0.3, -0.25) is 0 Å². The highest BCUT2D eigenvalue weighted by Crippen LogP contribution is 2.32. The van der Waals surface area contributed by atoms with Crippen molar-refractivity contribution in [3.63, 3.8) is 0 Å². The maximum Gasteiger partial charge on any atom is 0.129 e. The largest absolute Gasteiger partial charge is 0.372 e. The van der Waals surface area contributed by atoms with Crippen LogP contribution in [0.4, 0.5) is 4.39 Å². The molecule has 3 rings (SSSR count). The quantitative estimate of drug-likeness (QED) is 0.917. The first kappa shape index (κ1) is 13.7. The van der Waals surface area contributed by atoms with E-state index in [-0.39, 0.29) is 11.9 Å². The molecule has 1 aliphatic heterocycles. The molecular weight excluding hydrogens is 321 g/mol. The van der Waals surface area contributed by atoms with Crippen LogP contribution >= 0.6 is 15.9 Å². The van der Waals surface area contributed by atoms with Crippen LogP contribution in [0.3, 0.4) is 0 Å². The molecule has 0 saturated heterocycles. The summed E-state index contributed by atoms with van der Waals surface area (Å²) < 4.78 is 20.4. The molecule has 2 aromatic carbocycles. The Balaban J connectivity index is 2.06. The molecule has 0 spiro atoms. The molecule has 2 nitrogen and oxygen atoms in total. The van der Waals surface area contributed by atoms with Gasteiger partial charge in [0, 0.05) is 10.0 Å². The highest BCUT2D eigenvalue weighted by Gasteiger charge is 2.21. The lowest BCUT2D eigenvalue weighted by atomic mass is 9.95. The molecule has 104 valence electrons. The number of ether oxygens (including phenoxy) is 1. The van der Waals surface area contributed by atoms with Crippen LogP contribution < -0.4 is 5.32 Å². The van der Waals surface area contributed by atoms with E-state index in [1.165, 1.54) is 17.2 Å². The molecule has 1 unspecified atom stereocenters. The van der Waals surface area contributed by atoms with Crippen LogP contribution in [0, 0.1) is 5.82 Å². The van der Waals surface area contributed by atoms with E-state index in [1.54, 1.807) is 6.07 Å². The number of hydrogen-bond donors (Lipinski definition) is 1. The summed E-state index contributed by atoms with van der Waals surface area (Å²) in [5, 5.41) is 3.20. The molecular formula is C16H15BrFNO. The Morgan fingerprint density at radius 3 is 2.75 bits per heavy atom. The van der Waals surface area contributed by atoms with E-state index < -0.39 is 0 Å². The molecule has 0 aliphatic carbocycles. The van der Waals surface area contributed by atoms with Crippen molar-refractivity contribution < 1.29 is 9.13 Å². The summed E-state index contributed by atoms with van der Waals surface area (Å²) in [6, 6.07) is 11.1. The van der Waals surface area contributed by atoms with Gasteiger partial charge in [0.1, 0.15) is 5.82 Å². The fourth-order valence-electron chi connectivity index (χ4n) is 2.64. The number of hydrogen-bond acceptors (Lipinski definition) is 2. The van der Waals surface area contributed by atoms with E-state index in [4.69, 9.17) is 4.74 Å². The average molecular weight is 336 g/mol. The van der Waals surface area contributed by atoms with Crippen molar-refractivity contribution in [2.75, 3.05) is 7.05 Å². The molecule has 0 fully saturated rings. The van der Waals surface area contributed by atoms with Crippen molar-refractivity contribution in [2.24, 2.45) is 0 Å². The SMILES string of the molecule is CNC(c1ccc2c(c1)COC2)c1c(F)cccc1Br. The third-order valence-electron chi connectivity index (χ3n) is 3.66. The number of fused-ring (bicyclic) bond motifs is 1. The minimum absolute atomic E-state index is 0.184. The minimum atomic E-state index is -0.213. The maximum absolute atomic E-state index is 14.2. The Morgan fingerprint density at radius 1 is 1.20 bits per heavy atom. The van der Waals surface area contributed by atoms with E-state index in [9.17, 15) is 4.39 Å². The van der Waals surface area contributed by atoms with E-state index >= 15 is 0 Å². The van der Waals surface area contributed by atoms with Gasteiger partial charge >= 0.3 is 0 Å². The molecule has 1 atom stereocenters. The Morgan fingerprint density at radius 2 is 2.00 bits per heavy atom. The van der Waals surface area contributed by atoms with Gasteiger partial charge in [0.05, 0.1) is 19.3 Å². The lowest BCUT2D eigenvalue weighted by molar-refractivity contribution is 0.134. The van der Waals surface area contributed by atoms with Crippen LogP contribution in [0.1, 0.15) is 28.3 Å². The van der Waals surface area contributed by atoms with Crippen LogP contribution in [-0.4, -0.2) is 7.05 Å². The molecule has 1 aliphatic rings. The van der Waals surface area contributed by atoms with Crippen molar-refractivity contribution >= 4 is 15.9 Å². The Bertz CT molecular complexity index is 624. The minimum Gasteiger partial charge on any atom is -0.372 e. The van der Waals surface area contributed by atoms with Gasteiger partial charge in [-0.2, -0.15) is 0 Å². The number of rotatable bonds is 3. The summed E-state index contributed by atoms with van der Waals surface area (Å²) in [6.07, 6.45) is 0. The molecule has 0 amide bonds. The van der Waals surface area contributed by atoms with E-state index in [2.05, 4.69) is 33.4 Å². The first-order valence-corrected chi connectivity index (χ1v) is 7.30. The second kappa shape index (κ2) is 5.64. The molecule has 2 aromatic rings. The Labute approximate surface area is 126 Å². The van der Waals surface area contributed by atoms with Crippen LogP contribution in [0.25, 0.3) is 0 Å². The lowest BCUT2D eigenvalue weighted by Gasteiger charge is -2.20. The zero-order chi connectivity index (χ0) is 14.1. The van der Waals surface area contributed by atoms with Gasteiger partial charge < -0.3 is 10.1 Å². The first-order chi connectivity index (χ1) is 9.70. The van der Waals surface area contributed by atoms with Crippen molar-refractivity contribution in [2.45, 2.75) is 19.3 Å². The molecule has 4 heteroatoms. The first-order valence-electron chi connectivity index (χ1n) is 6.51. The fraction of sp³-hybridized carbons (Fsp3) is 0.250. The molecule has 0 saturated carbocycles. The number of halogens is 2. The van der Waals surface area contributed by atoms with Gasteiger partial charge in [0.15, 0.2) is 0 Å². The molecule has 0 bridgehead atoms. The highest BCUT2D eigenvalue weighted by atomic mass is 79.9. The monoisotopic (exact) mass is 335 g/mol. The normalized spacial score (nSPS) is 15.2. The van der Waals surface area contributed by atoms with Gasteiger partial charge in [-0.1, -0.05) is 40.2 Å². The standard InChI is InChI=1S/C16H15BrFNO/c1-19-16(15-13(17)3-2-4-14(15)18)10-5-6-11-8-20-9-12(11)7-10/h2-7,16,19H,8-9H2,1H3. The third kappa shape index (κ3) is 2.39. The van der Waals surface area contributed by atoms with Crippen LogP contribution in [-0.2, 0) is 18.0 Å². The summed E-state index contributed by atoms with van der Waals surface area (Å²) in [6.45, 7) is 1.31. The van der Waals surface area contributed by atoms with Crippen LogP contribution in [0.2, 0.25) is 0 Å². The van der Waals surface area contributed by atoms with Gasteiger partial charge in [0.2, 0.25) is 0 Å². The zero-order valence-corrected chi connectivity index (χ0v) is 12.7. The van der Waals surface area contributed by atoms with Crippen molar-refractivity contribution in [3.05, 3.63) is 68.9 Å². The molecule has 0 aromatic heterocycles. The van der Waals surface area contributed by atoms with Crippen molar-refractivity contribution in [3.8, 4) is 0 Å². The van der Waals surface area contributed by atoms with E-state index in [0.29, 0.717) is 18.8 Å². The molecule has 20 heavy (non-hydrogen) atoms. The van der Waals surface area contributed by atoms with E-state index in [1.807, 2.05) is 19.2 Å². The summed E-state index contributed by atoms with van der Waals surface area (Å²) in [5.41, 5.74) is 4.09.